The number of para-hydroxylation sites is 2. The summed E-state index contributed by atoms with van der Waals surface area (Å²) in [6.07, 6.45) is 1.81. The molecule has 0 fully saturated rings. The molecule has 1 amide bonds. The van der Waals surface area contributed by atoms with E-state index < -0.39 is 5.91 Å². The molecule has 2 N–H and O–H groups in total. The molecule has 1 aromatic carbocycles. The normalized spacial score (nSPS) is 11.2. The van der Waals surface area contributed by atoms with Gasteiger partial charge in [-0.3, -0.25) is 4.79 Å². The van der Waals surface area contributed by atoms with E-state index >= 15 is 0 Å². The topological polar surface area (TPSA) is 74.1 Å². The van der Waals surface area contributed by atoms with Crippen LogP contribution in [0.4, 0.5) is 5.69 Å². The Kier molecular flexibility index (Phi) is 7.38. The minimum Gasteiger partial charge on any atom is -0.492 e. The Morgan fingerprint density at radius 2 is 2.12 bits per heavy atom. The van der Waals surface area contributed by atoms with Gasteiger partial charge in [0.05, 0.1) is 23.9 Å². The van der Waals surface area contributed by atoms with Gasteiger partial charge in [0.1, 0.15) is 17.4 Å². The Hall–Kier alpha value is -2.43. The summed E-state index contributed by atoms with van der Waals surface area (Å²) >= 11 is 2.87. The second-order valence-corrected chi connectivity index (χ2v) is 6.69. The molecule has 0 bridgehead atoms. The van der Waals surface area contributed by atoms with Crippen molar-refractivity contribution in [3.05, 3.63) is 57.3 Å². The third-order valence-corrected chi connectivity index (χ3v) is 4.80. The second-order valence-electron chi connectivity index (χ2n) is 4.84. The van der Waals surface area contributed by atoms with Crippen molar-refractivity contribution in [1.82, 2.24) is 5.32 Å². The van der Waals surface area contributed by atoms with Crippen LogP contribution in [0.5, 0.6) is 5.75 Å². The highest BCUT2D eigenvalue weighted by atomic mass is 32.2. The molecule has 0 radical (unpaired) electrons. The molecule has 2 aromatic rings. The van der Waals surface area contributed by atoms with Gasteiger partial charge >= 0.3 is 0 Å². The number of nitriles is 1. The number of thioether (sulfide) groups is 1. The van der Waals surface area contributed by atoms with Crippen molar-refractivity contribution in [2.24, 2.45) is 0 Å². The number of hydrogen-bond acceptors (Lipinski definition) is 6. The Labute approximate surface area is 155 Å². The van der Waals surface area contributed by atoms with Crippen molar-refractivity contribution in [2.45, 2.75) is 13.5 Å². The average Bonchev–Trinajstić information content (AvgIpc) is 3.15. The Morgan fingerprint density at radius 3 is 2.76 bits per heavy atom. The summed E-state index contributed by atoms with van der Waals surface area (Å²) in [6.45, 7) is 2.84. The number of anilines is 1. The fourth-order valence-corrected chi connectivity index (χ4v) is 3.26. The number of ether oxygens (including phenoxy) is 1. The molecule has 1 aromatic heterocycles. The van der Waals surface area contributed by atoms with Gasteiger partial charge in [0, 0.05) is 4.88 Å². The lowest BCUT2D eigenvalue weighted by atomic mass is 10.2. The van der Waals surface area contributed by atoms with Gasteiger partial charge in [-0.05, 0) is 36.8 Å². The summed E-state index contributed by atoms with van der Waals surface area (Å²) in [5.74, 6) is 0.273. The first-order valence-corrected chi connectivity index (χ1v) is 9.77. The zero-order valence-corrected chi connectivity index (χ0v) is 15.7. The van der Waals surface area contributed by atoms with E-state index in [0.29, 0.717) is 29.6 Å². The summed E-state index contributed by atoms with van der Waals surface area (Å²) < 4.78 is 5.58. The monoisotopic (exact) mass is 373 g/mol. The molecule has 0 atom stereocenters. The zero-order chi connectivity index (χ0) is 18.1. The molecular weight excluding hydrogens is 354 g/mol. The van der Waals surface area contributed by atoms with Crippen LogP contribution in [0, 0.1) is 11.3 Å². The summed E-state index contributed by atoms with van der Waals surface area (Å²) in [5, 5.41) is 17.8. The van der Waals surface area contributed by atoms with Crippen molar-refractivity contribution < 1.29 is 9.53 Å². The number of hydrogen-bond donors (Lipinski definition) is 2. The average molecular weight is 374 g/mol. The summed E-state index contributed by atoms with van der Waals surface area (Å²) in [7, 11) is 0. The lowest BCUT2D eigenvalue weighted by molar-refractivity contribution is -0.117. The van der Waals surface area contributed by atoms with Crippen molar-refractivity contribution in [2.75, 3.05) is 18.2 Å². The van der Waals surface area contributed by atoms with Crippen molar-refractivity contribution >= 4 is 34.7 Å². The molecule has 0 spiro atoms. The van der Waals surface area contributed by atoms with Crippen LogP contribution in [0.25, 0.3) is 0 Å². The quantitative estimate of drug-likeness (QED) is 0.541. The first-order chi connectivity index (χ1) is 12.2. The first kappa shape index (κ1) is 18.9. The van der Waals surface area contributed by atoms with E-state index in [9.17, 15) is 10.1 Å². The zero-order valence-electron chi connectivity index (χ0n) is 14.0. The Morgan fingerprint density at radius 1 is 1.32 bits per heavy atom. The van der Waals surface area contributed by atoms with Crippen LogP contribution in [0.15, 0.2) is 52.4 Å². The highest BCUT2D eigenvalue weighted by Gasteiger charge is 2.16. The lowest BCUT2D eigenvalue weighted by Crippen LogP contribution is -2.25. The van der Waals surface area contributed by atoms with Crippen molar-refractivity contribution in [3.63, 3.8) is 0 Å². The van der Waals surface area contributed by atoms with Gasteiger partial charge in [-0.15, -0.1) is 23.1 Å². The van der Waals surface area contributed by atoms with E-state index in [2.05, 4.69) is 10.6 Å². The minimum atomic E-state index is -0.401. The van der Waals surface area contributed by atoms with Crippen LogP contribution in [-0.4, -0.2) is 18.8 Å². The Bertz CT molecular complexity index is 780. The highest BCUT2D eigenvalue weighted by molar-refractivity contribution is 8.02. The number of nitrogens with one attached hydrogen (secondary N) is 2. The standard InChI is InChI=1S/C18H19N3O2S2/c1-3-23-16-9-5-4-8-15(16)21-18(24-2)14(11-19)17(22)20-12-13-7-6-10-25-13/h4-10,21H,3,12H2,1-2H3,(H,20,22)/b18-14+. The molecule has 1 heterocycles. The van der Waals surface area contributed by atoms with Gasteiger partial charge < -0.3 is 15.4 Å². The van der Waals surface area contributed by atoms with E-state index in [1.165, 1.54) is 11.8 Å². The molecule has 5 nitrogen and oxygen atoms in total. The van der Waals surface area contributed by atoms with Crippen LogP contribution in [0.1, 0.15) is 11.8 Å². The van der Waals surface area contributed by atoms with Gasteiger partial charge in [0.2, 0.25) is 0 Å². The predicted molar refractivity (Wildman–Crippen MR) is 104 cm³/mol. The van der Waals surface area contributed by atoms with Crippen molar-refractivity contribution in [1.29, 1.82) is 5.26 Å². The molecule has 130 valence electrons. The van der Waals surface area contributed by atoms with Crippen molar-refractivity contribution in [3.8, 4) is 11.8 Å². The smallest absolute Gasteiger partial charge is 0.264 e. The maximum Gasteiger partial charge on any atom is 0.264 e. The van der Waals surface area contributed by atoms with Gasteiger partial charge in [0.25, 0.3) is 5.91 Å². The van der Waals surface area contributed by atoms with Gasteiger partial charge in [-0.1, -0.05) is 18.2 Å². The second kappa shape index (κ2) is 9.77. The van der Waals surface area contributed by atoms with Crippen LogP contribution >= 0.6 is 23.1 Å². The number of nitrogens with zero attached hydrogens (tertiary/aromatic N) is 1. The molecule has 0 saturated carbocycles. The van der Waals surface area contributed by atoms with E-state index in [1.54, 1.807) is 11.3 Å². The summed E-state index contributed by atoms with van der Waals surface area (Å²) in [6, 6.07) is 13.3. The third kappa shape index (κ3) is 5.28. The molecule has 2 rings (SSSR count). The van der Waals surface area contributed by atoms with Gasteiger partial charge in [-0.25, -0.2) is 0 Å². The Balaban J connectivity index is 2.19. The number of carbonyl (C=O) groups excluding carboxylic acids is 1. The molecule has 0 aliphatic rings. The maximum atomic E-state index is 12.4. The number of benzene rings is 1. The molecule has 0 saturated heterocycles. The van der Waals surface area contributed by atoms with E-state index in [-0.39, 0.29) is 5.57 Å². The third-order valence-electron chi connectivity index (χ3n) is 3.21. The summed E-state index contributed by atoms with van der Waals surface area (Å²) in [4.78, 5) is 13.4. The largest absolute Gasteiger partial charge is 0.492 e. The molecular formula is C18H19N3O2S2. The van der Waals surface area contributed by atoms with Gasteiger partial charge in [-0.2, -0.15) is 5.26 Å². The van der Waals surface area contributed by atoms with Crippen LogP contribution in [0.2, 0.25) is 0 Å². The van der Waals surface area contributed by atoms with E-state index in [4.69, 9.17) is 4.74 Å². The van der Waals surface area contributed by atoms with Gasteiger partial charge in [0.15, 0.2) is 0 Å². The van der Waals surface area contributed by atoms with E-state index in [1.807, 2.05) is 61.0 Å². The highest BCUT2D eigenvalue weighted by Crippen LogP contribution is 2.28. The number of carbonyl (C=O) groups is 1. The molecule has 25 heavy (non-hydrogen) atoms. The fourth-order valence-electron chi connectivity index (χ4n) is 2.06. The lowest BCUT2D eigenvalue weighted by Gasteiger charge is -2.14. The number of rotatable bonds is 8. The van der Waals surface area contributed by atoms with E-state index in [0.717, 1.165) is 4.88 Å². The molecule has 0 aliphatic heterocycles. The van der Waals surface area contributed by atoms with Crippen LogP contribution in [-0.2, 0) is 11.3 Å². The maximum absolute atomic E-state index is 12.4. The molecule has 0 unspecified atom stereocenters. The summed E-state index contributed by atoms with van der Waals surface area (Å²) in [5.41, 5.74) is 0.767. The fraction of sp³-hybridized carbons (Fsp3) is 0.222. The predicted octanol–water partition coefficient (Wildman–Crippen LogP) is 3.97. The number of thiophene rings is 1. The minimum absolute atomic E-state index is 0.0513. The molecule has 7 heteroatoms. The number of amides is 1. The SMILES string of the molecule is CCOc1ccccc1N/C(SC)=C(/C#N)C(=O)NCc1cccs1. The van der Waals surface area contributed by atoms with Crippen LogP contribution < -0.4 is 15.4 Å². The molecule has 0 aliphatic carbocycles. The van der Waals surface area contributed by atoms with Crippen LogP contribution in [0.3, 0.4) is 0 Å². The first-order valence-electron chi connectivity index (χ1n) is 7.67.